The van der Waals surface area contributed by atoms with E-state index >= 15 is 0 Å². The van der Waals surface area contributed by atoms with Gasteiger partial charge in [0.15, 0.2) is 0 Å². The standard InChI is InChI=1S/C51H64N6O3S2/c1-39-14-16-42(17-15-39)49-13-9-8-10-44(49)37-56-32-34-57(35-33-56)46-20-18-43(19-21-46)51(58)53-62(59,60)48-22-23-50(40(2)36-48)52-45(38-61-47-11-6-5-7-12-47)27-31-55-29-25-41(26-30-55)24-28-54(3)4/h5-23,36,41,45,52H,24-35,37-38H2,1-4H3,(H,53,58)/t45-/m1/s1. The van der Waals surface area contributed by atoms with Gasteiger partial charge in [0.2, 0.25) is 0 Å². The van der Waals surface area contributed by atoms with Crippen LogP contribution in [0.25, 0.3) is 11.1 Å². The lowest BCUT2D eigenvalue weighted by atomic mass is 9.93. The fourth-order valence-corrected chi connectivity index (χ4v) is 10.6. The van der Waals surface area contributed by atoms with Gasteiger partial charge >= 0.3 is 0 Å². The van der Waals surface area contributed by atoms with Crippen molar-refractivity contribution in [2.24, 2.45) is 5.92 Å². The van der Waals surface area contributed by atoms with E-state index in [-0.39, 0.29) is 10.9 Å². The van der Waals surface area contributed by atoms with Gasteiger partial charge in [0.25, 0.3) is 15.9 Å². The molecule has 2 heterocycles. The Kier molecular flexibility index (Phi) is 15.8. The van der Waals surface area contributed by atoms with Gasteiger partial charge in [0.05, 0.1) is 4.90 Å². The molecule has 2 saturated heterocycles. The van der Waals surface area contributed by atoms with Gasteiger partial charge < -0.3 is 20.0 Å². The second-order valence-electron chi connectivity index (χ2n) is 17.4. The van der Waals surface area contributed by atoms with Crippen molar-refractivity contribution in [1.29, 1.82) is 0 Å². The zero-order valence-electron chi connectivity index (χ0n) is 36.9. The number of carbonyl (C=O) groups is 1. The van der Waals surface area contributed by atoms with E-state index in [9.17, 15) is 13.2 Å². The van der Waals surface area contributed by atoms with Gasteiger partial charge in [0, 0.05) is 72.9 Å². The minimum Gasteiger partial charge on any atom is -0.381 e. The quantitative estimate of drug-likeness (QED) is 0.0839. The zero-order chi connectivity index (χ0) is 43.5. The van der Waals surface area contributed by atoms with Crippen LogP contribution in [-0.2, 0) is 16.6 Å². The van der Waals surface area contributed by atoms with Crippen LogP contribution in [0.2, 0.25) is 0 Å². The maximum atomic E-state index is 13.6. The Morgan fingerprint density at radius 3 is 2.18 bits per heavy atom. The van der Waals surface area contributed by atoms with E-state index in [1.165, 1.54) is 46.4 Å². The van der Waals surface area contributed by atoms with E-state index in [1.807, 2.05) is 43.0 Å². The summed E-state index contributed by atoms with van der Waals surface area (Å²) in [6, 6.07) is 40.4. The number of carbonyl (C=O) groups excluding carboxylic acids is 1. The van der Waals surface area contributed by atoms with Crippen molar-refractivity contribution < 1.29 is 13.2 Å². The van der Waals surface area contributed by atoms with E-state index in [4.69, 9.17) is 0 Å². The maximum Gasteiger partial charge on any atom is 0.264 e. The van der Waals surface area contributed by atoms with Crippen LogP contribution in [0.4, 0.5) is 11.4 Å². The van der Waals surface area contributed by atoms with E-state index in [0.29, 0.717) is 5.56 Å². The molecule has 9 nitrogen and oxygen atoms in total. The number of amides is 1. The van der Waals surface area contributed by atoms with E-state index in [0.717, 1.165) is 93.9 Å². The summed E-state index contributed by atoms with van der Waals surface area (Å²) in [5.41, 5.74) is 8.13. The van der Waals surface area contributed by atoms with Crippen molar-refractivity contribution in [3.63, 3.8) is 0 Å². The molecule has 0 aromatic heterocycles. The third-order valence-corrected chi connectivity index (χ3v) is 14.9. The highest BCUT2D eigenvalue weighted by atomic mass is 32.2. The Labute approximate surface area is 374 Å². The smallest absolute Gasteiger partial charge is 0.264 e. The Hall–Kier alpha value is -4.65. The fraction of sp³-hybridized carbons (Fsp3) is 0.392. The number of likely N-dealkylation sites (tertiary alicyclic amines) is 1. The summed E-state index contributed by atoms with van der Waals surface area (Å²) in [4.78, 5) is 24.3. The Morgan fingerprint density at radius 1 is 0.790 bits per heavy atom. The van der Waals surface area contributed by atoms with Crippen LogP contribution in [0.15, 0.2) is 131 Å². The lowest BCUT2D eigenvalue weighted by Gasteiger charge is -2.36. The largest absolute Gasteiger partial charge is 0.381 e. The number of rotatable bonds is 18. The first-order valence-electron chi connectivity index (χ1n) is 22.2. The number of nitrogens with zero attached hydrogens (tertiary/aromatic N) is 4. The Morgan fingerprint density at radius 2 is 1.48 bits per heavy atom. The van der Waals surface area contributed by atoms with Crippen molar-refractivity contribution in [2.75, 3.05) is 82.4 Å². The highest BCUT2D eigenvalue weighted by Gasteiger charge is 2.24. The second-order valence-corrected chi connectivity index (χ2v) is 20.2. The van der Waals surface area contributed by atoms with Gasteiger partial charge in [-0.3, -0.25) is 9.69 Å². The average Bonchev–Trinajstić information content (AvgIpc) is 3.28. The number of hydrogen-bond donors (Lipinski definition) is 2. The van der Waals surface area contributed by atoms with Gasteiger partial charge in [-0.1, -0.05) is 72.3 Å². The summed E-state index contributed by atoms with van der Waals surface area (Å²) < 4.78 is 29.4. The molecule has 5 aromatic rings. The van der Waals surface area contributed by atoms with Crippen LogP contribution in [0.1, 0.15) is 52.7 Å². The molecule has 1 atom stereocenters. The summed E-state index contributed by atoms with van der Waals surface area (Å²) in [5, 5.41) is 3.76. The topological polar surface area (TPSA) is 88.2 Å². The highest BCUT2D eigenvalue weighted by Crippen LogP contribution is 2.28. The number of benzene rings is 5. The summed E-state index contributed by atoms with van der Waals surface area (Å²) in [6.07, 6.45) is 4.76. The van der Waals surface area contributed by atoms with Crippen LogP contribution in [0.3, 0.4) is 0 Å². The van der Waals surface area contributed by atoms with E-state index in [1.54, 1.807) is 24.3 Å². The number of anilines is 2. The SMILES string of the molecule is Cc1ccc(-c2ccccc2CN2CCN(c3ccc(C(=O)NS(=O)(=O)c4ccc(N[C@H](CCN5CCC(CCN(C)C)CC5)CSc5ccccc5)c(C)c4)cc3)CC2)cc1. The summed E-state index contributed by atoms with van der Waals surface area (Å²) in [6.45, 7) is 12.9. The molecule has 0 unspecified atom stereocenters. The molecule has 328 valence electrons. The predicted octanol–water partition coefficient (Wildman–Crippen LogP) is 9.04. The van der Waals surface area contributed by atoms with Gasteiger partial charge in [-0.2, -0.15) is 0 Å². The number of sulfonamides is 1. The number of piperidine rings is 1. The Balaban J connectivity index is 0.914. The van der Waals surface area contributed by atoms with Crippen molar-refractivity contribution in [3.05, 3.63) is 144 Å². The predicted molar refractivity (Wildman–Crippen MR) is 258 cm³/mol. The minimum atomic E-state index is -4.10. The van der Waals surface area contributed by atoms with Crippen molar-refractivity contribution in [2.45, 2.75) is 61.9 Å². The third kappa shape index (κ3) is 12.7. The van der Waals surface area contributed by atoms with Gasteiger partial charge in [-0.25, -0.2) is 13.1 Å². The molecule has 2 N–H and O–H groups in total. The third-order valence-electron chi connectivity index (χ3n) is 12.4. The average molecular weight is 873 g/mol. The van der Waals surface area contributed by atoms with Crippen molar-refractivity contribution >= 4 is 39.1 Å². The molecule has 7 rings (SSSR count). The van der Waals surface area contributed by atoms with Crippen molar-refractivity contribution in [3.8, 4) is 11.1 Å². The van der Waals surface area contributed by atoms with E-state index in [2.05, 4.69) is 123 Å². The molecule has 62 heavy (non-hydrogen) atoms. The minimum absolute atomic E-state index is 0.0669. The molecular weight excluding hydrogens is 809 g/mol. The number of aryl methyl sites for hydroxylation is 2. The number of thioether (sulfide) groups is 1. The molecule has 2 aliphatic heterocycles. The first-order valence-corrected chi connectivity index (χ1v) is 24.7. The summed E-state index contributed by atoms with van der Waals surface area (Å²) in [7, 11) is 0.202. The molecule has 2 fully saturated rings. The molecule has 0 bridgehead atoms. The monoisotopic (exact) mass is 872 g/mol. The second kappa shape index (κ2) is 21.6. The Bertz CT molecular complexity index is 2310. The number of hydrogen-bond acceptors (Lipinski definition) is 9. The lowest BCUT2D eigenvalue weighted by Crippen LogP contribution is -2.46. The zero-order valence-corrected chi connectivity index (χ0v) is 38.6. The molecule has 1 amide bonds. The lowest BCUT2D eigenvalue weighted by molar-refractivity contribution is 0.0981. The molecule has 2 aliphatic rings. The van der Waals surface area contributed by atoms with Crippen LogP contribution in [0.5, 0.6) is 0 Å². The van der Waals surface area contributed by atoms with Gasteiger partial charge in [-0.15, -0.1) is 11.8 Å². The van der Waals surface area contributed by atoms with Gasteiger partial charge in [-0.05, 0) is 156 Å². The van der Waals surface area contributed by atoms with E-state index < -0.39 is 15.9 Å². The summed E-state index contributed by atoms with van der Waals surface area (Å²) in [5.74, 6) is 1.05. The van der Waals surface area contributed by atoms with Crippen LogP contribution in [-0.4, -0.2) is 107 Å². The molecule has 0 spiro atoms. The number of nitrogens with one attached hydrogen (secondary N) is 2. The highest BCUT2D eigenvalue weighted by molar-refractivity contribution is 7.99. The van der Waals surface area contributed by atoms with Crippen LogP contribution < -0.4 is 14.9 Å². The fourth-order valence-electron chi connectivity index (χ4n) is 8.52. The maximum absolute atomic E-state index is 13.6. The van der Waals surface area contributed by atoms with Crippen LogP contribution in [0, 0.1) is 19.8 Å². The van der Waals surface area contributed by atoms with Gasteiger partial charge in [0.1, 0.15) is 0 Å². The molecular formula is C51H64N6O3S2. The summed E-state index contributed by atoms with van der Waals surface area (Å²) >= 11 is 1.84. The van der Waals surface area contributed by atoms with Crippen molar-refractivity contribution in [1.82, 2.24) is 19.4 Å². The first-order chi connectivity index (χ1) is 30.0. The number of piperazine rings is 1. The van der Waals surface area contributed by atoms with Crippen LogP contribution >= 0.6 is 11.8 Å². The molecule has 5 aromatic carbocycles. The molecule has 11 heteroatoms. The molecule has 0 radical (unpaired) electrons. The molecule has 0 saturated carbocycles. The first kappa shape index (κ1) is 45.4. The molecule has 0 aliphatic carbocycles. The normalized spacial score (nSPS) is 16.0.